The minimum absolute atomic E-state index is 0.237. The summed E-state index contributed by atoms with van der Waals surface area (Å²) in [5.41, 5.74) is -0.805. The molecule has 0 atom stereocenters. The summed E-state index contributed by atoms with van der Waals surface area (Å²) in [7, 11) is 0. The molecule has 1 aromatic carbocycles. The number of halogens is 1. The third kappa shape index (κ3) is 2.74. The molecule has 0 bridgehead atoms. The highest BCUT2D eigenvalue weighted by Gasteiger charge is 2.36. The first kappa shape index (κ1) is 14.3. The van der Waals surface area contributed by atoms with Crippen molar-refractivity contribution in [2.75, 3.05) is 5.32 Å². The number of hydrogen-bond donors (Lipinski definition) is 3. The number of urea groups is 1. The number of para-hydroxylation sites is 1. The van der Waals surface area contributed by atoms with E-state index >= 15 is 0 Å². The second-order valence-electron chi connectivity index (χ2n) is 5.03. The lowest BCUT2D eigenvalue weighted by Gasteiger charge is -2.41. The zero-order chi connectivity index (χ0) is 14.8. The number of hydrogen-bond acceptors (Lipinski definition) is 2. The van der Waals surface area contributed by atoms with Gasteiger partial charge in [-0.1, -0.05) is 13.0 Å². The maximum atomic E-state index is 13.7. The Hall–Kier alpha value is -2.11. The van der Waals surface area contributed by atoms with Crippen molar-refractivity contribution in [3.8, 4) is 0 Å². The molecule has 0 aromatic heterocycles. The van der Waals surface area contributed by atoms with E-state index in [1.54, 1.807) is 0 Å². The quantitative estimate of drug-likeness (QED) is 0.793. The second kappa shape index (κ2) is 5.48. The number of benzene rings is 1. The number of carboxylic acid groups (broad SMARTS) is 1. The Morgan fingerprint density at radius 1 is 1.40 bits per heavy atom. The van der Waals surface area contributed by atoms with Gasteiger partial charge in [-0.2, -0.15) is 0 Å². The topological polar surface area (TPSA) is 78.4 Å². The molecule has 0 aliphatic heterocycles. The normalized spacial score (nSPS) is 16.1. The van der Waals surface area contributed by atoms with E-state index in [0.29, 0.717) is 0 Å². The van der Waals surface area contributed by atoms with Gasteiger partial charge in [-0.25, -0.2) is 14.0 Å². The van der Waals surface area contributed by atoms with Crippen molar-refractivity contribution in [1.82, 2.24) is 5.32 Å². The minimum Gasteiger partial charge on any atom is -0.478 e. The van der Waals surface area contributed by atoms with Gasteiger partial charge in [0.05, 0.1) is 11.3 Å². The van der Waals surface area contributed by atoms with Crippen LogP contribution in [0.25, 0.3) is 0 Å². The molecule has 1 saturated carbocycles. The van der Waals surface area contributed by atoms with Crippen LogP contribution in [0.1, 0.15) is 43.0 Å². The summed E-state index contributed by atoms with van der Waals surface area (Å²) in [6, 6.07) is 3.08. The van der Waals surface area contributed by atoms with Crippen LogP contribution < -0.4 is 10.6 Å². The van der Waals surface area contributed by atoms with Crippen LogP contribution >= 0.6 is 0 Å². The molecule has 1 fully saturated rings. The fourth-order valence-corrected chi connectivity index (χ4v) is 2.39. The van der Waals surface area contributed by atoms with Crippen molar-refractivity contribution < 1.29 is 19.1 Å². The molecule has 6 heteroatoms. The first-order valence-corrected chi connectivity index (χ1v) is 6.58. The van der Waals surface area contributed by atoms with E-state index in [1.165, 1.54) is 12.1 Å². The molecule has 20 heavy (non-hydrogen) atoms. The molecule has 108 valence electrons. The minimum atomic E-state index is -1.28. The molecule has 0 saturated heterocycles. The number of carbonyl (C=O) groups excluding carboxylic acids is 1. The Labute approximate surface area is 116 Å². The van der Waals surface area contributed by atoms with Crippen molar-refractivity contribution in [1.29, 1.82) is 0 Å². The van der Waals surface area contributed by atoms with Gasteiger partial charge in [0.25, 0.3) is 0 Å². The lowest BCUT2D eigenvalue weighted by Crippen LogP contribution is -2.54. The van der Waals surface area contributed by atoms with Gasteiger partial charge >= 0.3 is 12.0 Å². The molecule has 3 N–H and O–H groups in total. The van der Waals surface area contributed by atoms with Crippen LogP contribution in [-0.2, 0) is 0 Å². The number of carbonyl (C=O) groups is 2. The summed E-state index contributed by atoms with van der Waals surface area (Å²) >= 11 is 0. The molecular formula is C14H17FN2O3. The van der Waals surface area contributed by atoms with Gasteiger partial charge in [0.15, 0.2) is 0 Å². The van der Waals surface area contributed by atoms with Crippen LogP contribution in [0, 0.1) is 5.82 Å². The maximum Gasteiger partial charge on any atom is 0.337 e. The van der Waals surface area contributed by atoms with Crippen molar-refractivity contribution in [3.05, 3.63) is 29.6 Å². The number of aromatic carboxylic acids is 1. The molecule has 5 nitrogen and oxygen atoms in total. The van der Waals surface area contributed by atoms with Crippen LogP contribution in [0.5, 0.6) is 0 Å². The van der Waals surface area contributed by atoms with Crippen LogP contribution in [0.3, 0.4) is 0 Å². The van der Waals surface area contributed by atoms with Gasteiger partial charge in [0.2, 0.25) is 0 Å². The highest BCUT2D eigenvalue weighted by molar-refractivity contribution is 6.00. The molecule has 1 aromatic rings. The third-order valence-corrected chi connectivity index (χ3v) is 3.85. The Morgan fingerprint density at radius 3 is 2.60 bits per heavy atom. The fraction of sp³-hybridized carbons (Fsp3) is 0.429. The van der Waals surface area contributed by atoms with Crippen molar-refractivity contribution in [2.24, 2.45) is 0 Å². The Balaban J connectivity index is 2.13. The van der Waals surface area contributed by atoms with Crippen LogP contribution in [0.15, 0.2) is 18.2 Å². The molecule has 0 heterocycles. The standard InChI is InChI=1S/C14H17FN2O3/c1-2-14(7-4-8-14)17-13(20)16-11-9(12(18)19)5-3-6-10(11)15/h3,5-6H,2,4,7-8H2,1H3,(H,18,19)(H2,16,17,20). The SMILES string of the molecule is CCC1(NC(=O)Nc2c(F)cccc2C(=O)O)CCC1. The lowest BCUT2D eigenvalue weighted by atomic mass is 9.75. The largest absolute Gasteiger partial charge is 0.478 e. The number of anilines is 1. The first-order valence-electron chi connectivity index (χ1n) is 6.58. The van der Waals surface area contributed by atoms with Gasteiger partial charge in [-0.3, -0.25) is 0 Å². The zero-order valence-electron chi connectivity index (χ0n) is 11.2. The second-order valence-corrected chi connectivity index (χ2v) is 5.03. The van der Waals surface area contributed by atoms with E-state index in [9.17, 15) is 14.0 Å². The van der Waals surface area contributed by atoms with Gasteiger partial charge < -0.3 is 15.7 Å². The average molecular weight is 280 g/mol. The molecule has 0 radical (unpaired) electrons. The Kier molecular flexibility index (Phi) is 3.92. The van der Waals surface area contributed by atoms with Gasteiger partial charge in [-0.15, -0.1) is 0 Å². The molecule has 1 aliphatic rings. The Morgan fingerprint density at radius 2 is 2.10 bits per heavy atom. The van der Waals surface area contributed by atoms with Gasteiger partial charge in [-0.05, 0) is 37.8 Å². The summed E-state index contributed by atoms with van der Waals surface area (Å²) in [4.78, 5) is 23.0. The average Bonchev–Trinajstić information content (AvgIpc) is 2.36. The molecule has 0 unspecified atom stereocenters. The van der Waals surface area contributed by atoms with E-state index < -0.39 is 17.8 Å². The van der Waals surface area contributed by atoms with E-state index in [2.05, 4.69) is 10.6 Å². The van der Waals surface area contributed by atoms with Crippen LogP contribution in [0.4, 0.5) is 14.9 Å². The van der Waals surface area contributed by atoms with E-state index in [1.807, 2.05) is 6.92 Å². The predicted molar refractivity (Wildman–Crippen MR) is 72.4 cm³/mol. The smallest absolute Gasteiger partial charge is 0.337 e. The third-order valence-electron chi connectivity index (χ3n) is 3.85. The number of nitrogens with one attached hydrogen (secondary N) is 2. The summed E-state index contributed by atoms with van der Waals surface area (Å²) < 4.78 is 13.7. The van der Waals surface area contributed by atoms with Gasteiger partial charge in [0.1, 0.15) is 5.82 Å². The number of amides is 2. The maximum absolute atomic E-state index is 13.7. The number of rotatable bonds is 4. The van der Waals surface area contributed by atoms with Gasteiger partial charge in [0, 0.05) is 5.54 Å². The molecule has 0 spiro atoms. The lowest BCUT2D eigenvalue weighted by molar-refractivity contribution is 0.0697. The molecular weight excluding hydrogens is 263 g/mol. The van der Waals surface area contributed by atoms with Crippen LogP contribution in [0.2, 0.25) is 0 Å². The van der Waals surface area contributed by atoms with E-state index in [-0.39, 0.29) is 16.8 Å². The summed E-state index contributed by atoms with van der Waals surface area (Å²) in [5, 5.41) is 14.1. The molecule has 2 rings (SSSR count). The van der Waals surface area contributed by atoms with Crippen molar-refractivity contribution >= 4 is 17.7 Å². The highest BCUT2D eigenvalue weighted by atomic mass is 19.1. The first-order chi connectivity index (χ1) is 9.47. The summed E-state index contributed by atoms with van der Waals surface area (Å²) in [6.07, 6.45) is 3.62. The zero-order valence-corrected chi connectivity index (χ0v) is 11.2. The van der Waals surface area contributed by atoms with Crippen molar-refractivity contribution in [3.63, 3.8) is 0 Å². The van der Waals surface area contributed by atoms with E-state index in [4.69, 9.17) is 5.11 Å². The number of carboxylic acids is 1. The summed E-state index contributed by atoms with van der Waals surface area (Å²) in [6.45, 7) is 1.98. The van der Waals surface area contributed by atoms with Crippen LogP contribution in [-0.4, -0.2) is 22.6 Å². The predicted octanol–water partition coefficient (Wildman–Crippen LogP) is 2.98. The Bertz CT molecular complexity index is 536. The molecule has 1 aliphatic carbocycles. The van der Waals surface area contributed by atoms with Crippen molar-refractivity contribution in [2.45, 2.75) is 38.1 Å². The highest BCUT2D eigenvalue weighted by Crippen LogP contribution is 2.34. The monoisotopic (exact) mass is 280 g/mol. The molecule has 2 amide bonds. The fourth-order valence-electron chi connectivity index (χ4n) is 2.39. The summed E-state index contributed by atoms with van der Waals surface area (Å²) in [5.74, 6) is -2.05. The van der Waals surface area contributed by atoms with E-state index in [0.717, 1.165) is 31.7 Å².